The summed E-state index contributed by atoms with van der Waals surface area (Å²) in [6.07, 6.45) is 3.06. The molecule has 0 N–H and O–H groups in total. The molecule has 0 aliphatic carbocycles. The molecule has 3 aromatic heterocycles. The maximum atomic E-state index is 12.7. The number of rotatable bonds is 3. The number of nitrogens with zero attached hydrogens (tertiary/aromatic N) is 5. The van der Waals surface area contributed by atoms with Gasteiger partial charge in [-0.1, -0.05) is 11.2 Å². The second kappa shape index (κ2) is 6.96. The van der Waals surface area contributed by atoms with Crippen LogP contribution in [-0.2, 0) is 11.8 Å². The third kappa shape index (κ3) is 3.35. The van der Waals surface area contributed by atoms with Gasteiger partial charge < -0.3 is 18.7 Å². The van der Waals surface area contributed by atoms with Crippen LogP contribution in [0, 0.1) is 13.8 Å². The van der Waals surface area contributed by atoms with E-state index in [2.05, 4.69) is 10.1 Å². The molecule has 1 amide bonds. The Labute approximate surface area is 156 Å². The SMILES string of the molecule is Cc1noc(C)c1-c1cccc([C@H]2CN(C(=O)c3cn(C)cn3)CCO2)n1. The van der Waals surface area contributed by atoms with Gasteiger partial charge in [-0.3, -0.25) is 4.79 Å². The van der Waals surface area contributed by atoms with E-state index in [0.29, 0.717) is 25.4 Å². The quantitative estimate of drug-likeness (QED) is 0.706. The van der Waals surface area contributed by atoms with Gasteiger partial charge in [-0.05, 0) is 26.0 Å². The van der Waals surface area contributed by atoms with Gasteiger partial charge >= 0.3 is 0 Å². The van der Waals surface area contributed by atoms with Crippen LogP contribution in [0.2, 0.25) is 0 Å². The number of hydrogen-bond donors (Lipinski definition) is 0. The highest BCUT2D eigenvalue weighted by Gasteiger charge is 2.28. The Morgan fingerprint density at radius 3 is 2.85 bits per heavy atom. The molecule has 1 atom stereocenters. The van der Waals surface area contributed by atoms with Crippen molar-refractivity contribution in [2.75, 3.05) is 19.7 Å². The molecule has 0 unspecified atom stereocenters. The second-order valence-corrected chi connectivity index (χ2v) is 6.68. The summed E-state index contributed by atoms with van der Waals surface area (Å²) in [5.74, 6) is 0.638. The maximum Gasteiger partial charge on any atom is 0.274 e. The molecule has 8 heteroatoms. The van der Waals surface area contributed by atoms with Crippen LogP contribution in [0.1, 0.15) is 33.7 Å². The molecule has 8 nitrogen and oxygen atoms in total. The number of ether oxygens (including phenoxy) is 1. The van der Waals surface area contributed by atoms with E-state index in [1.54, 1.807) is 22.0 Å². The van der Waals surface area contributed by atoms with E-state index in [9.17, 15) is 4.79 Å². The maximum absolute atomic E-state index is 12.7. The molecule has 0 bridgehead atoms. The molecule has 1 saturated heterocycles. The Kier molecular flexibility index (Phi) is 4.49. The largest absolute Gasteiger partial charge is 0.368 e. The van der Waals surface area contributed by atoms with Crippen LogP contribution in [-0.4, -0.2) is 50.2 Å². The van der Waals surface area contributed by atoms with Crippen molar-refractivity contribution in [3.63, 3.8) is 0 Å². The zero-order valence-corrected chi connectivity index (χ0v) is 15.5. The van der Waals surface area contributed by atoms with Gasteiger partial charge in [0.25, 0.3) is 5.91 Å². The van der Waals surface area contributed by atoms with Crippen LogP contribution in [0.15, 0.2) is 35.2 Å². The molecule has 1 aliphatic heterocycles. The first-order chi connectivity index (χ1) is 13.0. The topological polar surface area (TPSA) is 86.3 Å². The third-order valence-corrected chi connectivity index (χ3v) is 4.67. The number of morpholine rings is 1. The molecular formula is C19H21N5O3. The second-order valence-electron chi connectivity index (χ2n) is 6.68. The zero-order chi connectivity index (χ0) is 19.0. The van der Waals surface area contributed by atoms with Gasteiger partial charge in [0.2, 0.25) is 0 Å². The Hall–Kier alpha value is -3.00. The first kappa shape index (κ1) is 17.4. The van der Waals surface area contributed by atoms with Crippen LogP contribution in [0.4, 0.5) is 0 Å². The van der Waals surface area contributed by atoms with E-state index < -0.39 is 0 Å². The highest BCUT2D eigenvalue weighted by atomic mass is 16.5. The van der Waals surface area contributed by atoms with Gasteiger partial charge in [0.15, 0.2) is 0 Å². The number of aromatic nitrogens is 4. The van der Waals surface area contributed by atoms with Gasteiger partial charge in [-0.25, -0.2) is 9.97 Å². The van der Waals surface area contributed by atoms with Crippen LogP contribution in [0.5, 0.6) is 0 Å². The number of carbonyl (C=O) groups excluding carboxylic acids is 1. The molecule has 0 radical (unpaired) electrons. The van der Waals surface area contributed by atoms with Crippen molar-refractivity contribution in [2.45, 2.75) is 20.0 Å². The molecule has 27 heavy (non-hydrogen) atoms. The lowest BCUT2D eigenvalue weighted by atomic mass is 10.1. The minimum absolute atomic E-state index is 0.0919. The fourth-order valence-electron chi connectivity index (χ4n) is 3.32. The fourth-order valence-corrected chi connectivity index (χ4v) is 3.32. The van der Waals surface area contributed by atoms with Crippen molar-refractivity contribution in [3.8, 4) is 11.3 Å². The molecule has 3 aromatic rings. The molecule has 1 aliphatic rings. The summed E-state index contributed by atoms with van der Waals surface area (Å²) < 4.78 is 12.9. The van der Waals surface area contributed by atoms with Crippen LogP contribution in [0.25, 0.3) is 11.3 Å². The van der Waals surface area contributed by atoms with E-state index in [1.165, 1.54) is 0 Å². The Morgan fingerprint density at radius 1 is 1.30 bits per heavy atom. The lowest BCUT2D eigenvalue weighted by molar-refractivity contribution is -0.0248. The zero-order valence-electron chi connectivity index (χ0n) is 15.5. The smallest absolute Gasteiger partial charge is 0.274 e. The van der Waals surface area contributed by atoms with E-state index in [4.69, 9.17) is 14.2 Å². The number of amides is 1. The molecule has 0 aromatic carbocycles. The van der Waals surface area contributed by atoms with Crippen LogP contribution >= 0.6 is 0 Å². The van der Waals surface area contributed by atoms with E-state index >= 15 is 0 Å². The van der Waals surface area contributed by atoms with Gasteiger partial charge in [-0.15, -0.1) is 0 Å². The number of imidazole rings is 1. The summed E-state index contributed by atoms with van der Waals surface area (Å²) in [6, 6.07) is 5.78. The highest BCUT2D eigenvalue weighted by molar-refractivity contribution is 5.92. The van der Waals surface area contributed by atoms with Crippen molar-refractivity contribution >= 4 is 5.91 Å². The Bertz CT molecular complexity index is 958. The first-order valence-corrected chi connectivity index (χ1v) is 8.82. The van der Waals surface area contributed by atoms with E-state index in [1.807, 2.05) is 39.1 Å². The summed E-state index contributed by atoms with van der Waals surface area (Å²) in [4.78, 5) is 23.4. The van der Waals surface area contributed by atoms with Crippen molar-refractivity contribution in [1.82, 2.24) is 24.6 Å². The average molecular weight is 367 g/mol. The number of hydrogen-bond acceptors (Lipinski definition) is 6. The number of aryl methyl sites for hydroxylation is 3. The van der Waals surface area contributed by atoms with Gasteiger partial charge in [0.1, 0.15) is 17.6 Å². The van der Waals surface area contributed by atoms with Crippen molar-refractivity contribution in [3.05, 3.63) is 53.6 Å². The summed E-state index contributed by atoms with van der Waals surface area (Å²) in [5, 5.41) is 4.00. The van der Waals surface area contributed by atoms with Crippen molar-refractivity contribution in [1.29, 1.82) is 0 Å². The standard InChI is InChI=1S/C19H21N5O3/c1-12-18(13(2)27-22-12)15-6-4-5-14(21-15)17-10-24(7-8-26-17)19(25)16-9-23(3)11-20-16/h4-6,9,11,17H,7-8,10H2,1-3H3/t17-/m1/s1. The van der Waals surface area contributed by atoms with Crippen molar-refractivity contribution < 1.29 is 14.1 Å². The predicted octanol–water partition coefficient (Wildman–Crippen LogP) is 2.30. The van der Waals surface area contributed by atoms with Gasteiger partial charge in [-0.2, -0.15) is 0 Å². The summed E-state index contributed by atoms with van der Waals surface area (Å²) in [5.41, 5.74) is 3.71. The summed E-state index contributed by atoms with van der Waals surface area (Å²) >= 11 is 0. The number of carbonyl (C=O) groups is 1. The van der Waals surface area contributed by atoms with Crippen LogP contribution < -0.4 is 0 Å². The minimum Gasteiger partial charge on any atom is -0.368 e. The lowest BCUT2D eigenvalue weighted by Gasteiger charge is -2.32. The monoisotopic (exact) mass is 367 g/mol. The van der Waals surface area contributed by atoms with Gasteiger partial charge in [0, 0.05) is 19.8 Å². The molecule has 0 spiro atoms. The molecule has 1 fully saturated rings. The molecule has 140 valence electrons. The predicted molar refractivity (Wildman–Crippen MR) is 97.0 cm³/mol. The lowest BCUT2D eigenvalue weighted by Crippen LogP contribution is -2.42. The van der Waals surface area contributed by atoms with E-state index in [-0.39, 0.29) is 12.0 Å². The van der Waals surface area contributed by atoms with Gasteiger partial charge in [0.05, 0.1) is 42.1 Å². The average Bonchev–Trinajstić information content (AvgIpc) is 3.26. The fraction of sp³-hybridized carbons (Fsp3) is 0.368. The third-order valence-electron chi connectivity index (χ3n) is 4.67. The number of pyridine rings is 1. The Balaban J connectivity index is 1.57. The molecule has 0 saturated carbocycles. The molecular weight excluding hydrogens is 346 g/mol. The summed E-state index contributed by atoms with van der Waals surface area (Å²) in [7, 11) is 1.84. The van der Waals surface area contributed by atoms with Crippen molar-refractivity contribution in [2.24, 2.45) is 7.05 Å². The molecule has 4 heterocycles. The normalized spacial score (nSPS) is 17.3. The van der Waals surface area contributed by atoms with Crippen LogP contribution in [0.3, 0.4) is 0 Å². The van der Waals surface area contributed by atoms with E-state index in [0.717, 1.165) is 28.4 Å². The first-order valence-electron chi connectivity index (χ1n) is 8.82. The summed E-state index contributed by atoms with van der Waals surface area (Å²) in [6.45, 7) is 5.20. The Morgan fingerprint density at radius 2 is 2.15 bits per heavy atom. The highest BCUT2D eigenvalue weighted by Crippen LogP contribution is 2.28. The minimum atomic E-state index is -0.285. The molecule has 4 rings (SSSR count).